The molecule has 0 bridgehead atoms. The third-order valence-electron chi connectivity index (χ3n) is 6.42. The standard InChI is InChI=1S/C20H28N2O2/c23-14-15-5-4-10-22(13-15)19(24)21-12-17-11-20(17)9-3-7-16-6-1-2-8-18(16)20/h1-2,6,8,15,17,23H,3-5,7,9-14H2,(H,21,24)/t15-,17-,20+/m0/s1. The molecule has 1 aromatic rings. The summed E-state index contributed by atoms with van der Waals surface area (Å²) in [6.07, 6.45) is 6.98. The van der Waals surface area contributed by atoms with Crippen LogP contribution in [0.15, 0.2) is 24.3 Å². The highest BCUT2D eigenvalue weighted by atomic mass is 16.3. The van der Waals surface area contributed by atoms with E-state index in [4.69, 9.17) is 0 Å². The lowest BCUT2D eigenvalue weighted by Gasteiger charge is -2.32. The first-order valence-corrected chi connectivity index (χ1v) is 9.45. The maximum absolute atomic E-state index is 12.4. The molecule has 2 N–H and O–H groups in total. The Morgan fingerprint density at radius 2 is 2.21 bits per heavy atom. The third-order valence-corrected chi connectivity index (χ3v) is 6.42. The van der Waals surface area contributed by atoms with E-state index in [1.807, 2.05) is 4.90 Å². The molecule has 2 fully saturated rings. The van der Waals surface area contributed by atoms with Gasteiger partial charge in [0.2, 0.25) is 0 Å². The minimum Gasteiger partial charge on any atom is -0.396 e. The predicted octanol–water partition coefficient (Wildman–Crippen LogP) is 2.69. The number of hydrogen-bond donors (Lipinski definition) is 2. The average molecular weight is 328 g/mol. The van der Waals surface area contributed by atoms with Gasteiger partial charge in [-0.1, -0.05) is 24.3 Å². The quantitative estimate of drug-likeness (QED) is 0.896. The Labute approximate surface area is 144 Å². The molecule has 0 unspecified atom stereocenters. The summed E-state index contributed by atoms with van der Waals surface area (Å²) in [4.78, 5) is 14.3. The number of carbonyl (C=O) groups is 1. The zero-order valence-corrected chi connectivity index (χ0v) is 14.3. The van der Waals surface area contributed by atoms with Crippen molar-refractivity contribution in [2.24, 2.45) is 11.8 Å². The summed E-state index contributed by atoms with van der Waals surface area (Å²) in [6, 6.07) is 8.92. The Morgan fingerprint density at radius 1 is 1.33 bits per heavy atom. The molecular weight excluding hydrogens is 300 g/mol. The summed E-state index contributed by atoms with van der Waals surface area (Å²) in [5, 5.41) is 12.5. The number of likely N-dealkylation sites (tertiary alicyclic amines) is 1. The molecule has 1 aliphatic heterocycles. The van der Waals surface area contributed by atoms with Gasteiger partial charge in [-0.05, 0) is 61.5 Å². The molecule has 1 aromatic carbocycles. The highest BCUT2D eigenvalue weighted by Gasteiger charge is 2.56. The second-order valence-corrected chi connectivity index (χ2v) is 7.89. The van der Waals surface area contributed by atoms with E-state index in [2.05, 4.69) is 29.6 Å². The van der Waals surface area contributed by atoms with Crippen molar-refractivity contribution in [3.8, 4) is 0 Å². The van der Waals surface area contributed by atoms with Crippen LogP contribution >= 0.6 is 0 Å². The number of hydrogen-bond acceptors (Lipinski definition) is 2. The molecule has 0 aromatic heterocycles. The second kappa shape index (κ2) is 6.40. The number of urea groups is 1. The van der Waals surface area contributed by atoms with Crippen LogP contribution in [0.25, 0.3) is 0 Å². The van der Waals surface area contributed by atoms with Gasteiger partial charge in [0.15, 0.2) is 0 Å². The fourth-order valence-corrected chi connectivity index (χ4v) is 4.96. The van der Waals surface area contributed by atoms with Gasteiger partial charge in [0, 0.05) is 31.7 Å². The van der Waals surface area contributed by atoms with Crippen molar-refractivity contribution < 1.29 is 9.90 Å². The van der Waals surface area contributed by atoms with Crippen LogP contribution in [-0.2, 0) is 11.8 Å². The molecule has 4 heteroatoms. The summed E-state index contributed by atoms with van der Waals surface area (Å²) < 4.78 is 0. The Morgan fingerprint density at radius 3 is 3.08 bits per heavy atom. The van der Waals surface area contributed by atoms with Gasteiger partial charge in [-0.3, -0.25) is 0 Å². The summed E-state index contributed by atoms with van der Waals surface area (Å²) >= 11 is 0. The monoisotopic (exact) mass is 328 g/mol. The van der Waals surface area contributed by atoms with E-state index >= 15 is 0 Å². The maximum Gasteiger partial charge on any atom is 0.317 e. The molecule has 130 valence electrons. The highest BCUT2D eigenvalue weighted by Crippen LogP contribution is 2.59. The Balaban J connectivity index is 1.35. The Kier molecular flexibility index (Phi) is 4.25. The first kappa shape index (κ1) is 15.9. The topological polar surface area (TPSA) is 52.6 Å². The van der Waals surface area contributed by atoms with Crippen molar-refractivity contribution in [2.75, 3.05) is 26.2 Å². The Hall–Kier alpha value is -1.55. The first-order chi connectivity index (χ1) is 11.7. The maximum atomic E-state index is 12.4. The molecule has 1 spiro atoms. The molecule has 1 heterocycles. The molecule has 4 rings (SSSR count). The molecule has 2 aliphatic carbocycles. The number of benzene rings is 1. The highest BCUT2D eigenvalue weighted by molar-refractivity contribution is 5.74. The SMILES string of the molecule is O=C(NC[C@@H]1C[C@]12CCCc1ccccc12)N1CCC[C@H](CO)C1. The largest absolute Gasteiger partial charge is 0.396 e. The molecule has 0 radical (unpaired) electrons. The summed E-state index contributed by atoms with van der Waals surface area (Å²) in [6.45, 7) is 2.49. The van der Waals surface area contributed by atoms with Crippen LogP contribution in [0.4, 0.5) is 4.79 Å². The molecule has 3 atom stereocenters. The van der Waals surface area contributed by atoms with Crippen LogP contribution in [0.3, 0.4) is 0 Å². The average Bonchev–Trinajstić information content (AvgIpc) is 3.33. The normalized spacial score (nSPS) is 31.6. The number of amides is 2. The molecule has 4 nitrogen and oxygen atoms in total. The van der Waals surface area contributed by atoms with Gasteiger partial charge in [-0.2, -0.15) is 0 Å². The summed E-state index contributed by atoms with van der Waals surface area (Å²) in [5.74, 6) is 0.836. The molecular formula is C20H28N2O2. The lowest BCUT2D eigenvalue weighted by Crippen LogP contribution is -2.46. The lowest BCUT2D eigenvalue weighted by molar-refractivity contribution is 0.129. The first-order valence-electron chi connectivity index (χ1n) is 9.45. The van der Waals surface area contributed by atoms with Crippen molar-refractivity contribution in [1.82, 2.24) is 10.2 Å². The fraction of sp³-hybridized carbons (Fsp3) is 0.650. The van der Waals surface area contributed by atoms with Crippen LogP contribution in [0.1, 0.15) is 43.2 Å². The fourth-order valence-electron chi connectivity index (χ4n) is 4.96. The van der Waals surface area contributed by atoms with Crippen LogP contribution in [0.2, 0.25) is 0 Å². The molecule has 1 saturated carbocycles. The van der Waals surface area contributed by atoms with Gasteiger partial charge in [-0.15, -0.1) is 0 Å². The molecule has 3 aliphatic rings. The zero-order valence-electron chi connectivity index (χ0n) is 14.3. The minimum atomic E-state index is 0.0549. The van der Waals surface area contributed by atoms with Crippen molar-refractivity contribution in [2.45, 2.75) is 43.9 Å². The lowest BCUT2D eigenvalue weighted by atomic mass is 9.78. The number of rotatable bonds is 3. The van der Waals surface area contributed by atoms with Gasteiger partial charge < -0.3 is 15.3 Å². The van der Waals surface area contributed by atoms with E-state index in [0.29, 0.717) is 17.9 Å². The smallest absolute Gasteiger partial charge is 0.317 e. The van der Waals surface area contributed by atoms with Gasteiger partial charge >= 0.3 is 6.03 Å². The van der Waals surface area contributed by atoms with Gasteiger partial charge in [-0.25, -0.2) is 4.79 Å². The van der Waals surface area contributed by atoms with E-state index in [-0.39, 0.29) is 18.6 Å². The van der Waals surface area contributed by atoms with Gasteiger partial charge in [0.25, 0.3) is 0 Å². The summed E-state index contributed by atoms with van der Waals surface area (Å²) in [7, 11) is 0. The number of aliphatic hydroxyl groups excluding tert-OH is 1. The Bertz CT molecular complexity index is 617. The van der Waals surface area contributed by atoms with Crippen molar-refractivity contribution in [3.05, 3.63) is 35.4 Å². The van der Waals surface area contributed by atoms with Crippen LogP contribution in [-0.4, -0.2) is 42.3 Å². The van der Waals surface area contributed by atoms with Crippen molar-refractivity contribution in [1.29, 1.82) is 0 Å². The third kappa shape index (κ3) is 2.81. The van der Waals surface area contributed by atoms with Crippen LogP contribution in [0.5, 0.6) is 0 Å². The van der Waals surface area contributed by atoms with Gasteiger partial charge in [0.05, 0.1) is 0 Å². The predicted molar refractivity (Wildman–Crippen MR) is 93.9 cm³/mol. The van der Waals surface area contributed by atoms with Crippen molar-refractivity contribution >= 4 is 6.03 Å². The molecule has 2 amide bonds. The number of aryl methyl sites for hydroxylation is 1. The van der Waals surface area contributed by atoms with E-state index < -0.39 is 0 Å². The van der Waals surface area contributed by atoms with Crippen LogP contribution in [0, 0.1) is 11.8 Å². The molecule has 1 saturated heterocycles. The van der Waals surface area contributed by atoms with Gasteiger partial charge in [0.1, 0.15) is 0 Å². The van der Waals surface area contributed by atoms with Crippen LogP contribution < -0.4 is 5.32 Å². The second-order valence-electron chi connectivity index (χ2n) is 7.89. The number of carbonyl (C=O) groups excluding carboxylic acids is 1. The van der Waals surface area contributed by atoms with E-state index in [1.165, 1.54) is 36.8 Å². The zero-order chi connectivity index (χ0) is 16.6. The number of nitrogens with zero attached hydrogens (tertiary/aromatic N) is 1. The number of nitrogens with one attached hydrogen (secondary N) is 1. The minimum absolute atomic E-state index is 0.0549. The van der Waals surface area contributed by atoms with E-state index in [1.54, 1.807) is 0 Å². The number of piperidine rings is 1. The number of aliphatic hydroxyl groups is 1. The number of fused-ring (bicyclic) bond motifs is 2. The van der Waals surface area contributed by atoms with E-state index in [0.717, 1.165) is 25.9 Å². The molecule has 24 heavy (non-hydrogen) atoms. The van der Waals surface area contributed by atoms with E-state index in [9.17, 15) is 9.90 Å². The summed E-state index contributed by atoms with van der Waals surface area (Å²) in [5.41, 5.74) is 3.38. The van der Waals surface area contributed by atoms with Crippen molar-refractivity contribution in [3.63, 3.8) is 0 Å².